The third kappa shape index (κ3) is 4.77. The van der Waals surface area contributed by atoms with Gasteiger partial charge in [0.25, 0.3) is 17.7 Å². The number of nitrogens with one attached hydrogen (secondary N) is 2. The highest BCUT2D eigenvalue weighted by Crippen LogP contribution is 2.31. The summed E-state index contributed by atoms with van der Waals surface area (Å²) in [6, 6.07) is 18.7. The molecule has 0 aromatic heterocycles. The molecule has 8 heteroatoms. The van der Waals surface area contributed by atoms with Gasteiger partial charge in [0.2, 0.25) is 0 Å². The Balaban J connectivity index is 1.50. The molecule has 166 valence electrons. The number of nitrogens with zero attached hydrogens (tertiary/aromatic N) is 1. The summed E-state index contributed by atoms with van der Waals surface area (Å²) >= 11 is 12.2. The van der Waals surface area contributed by atoms with Crippen LogP contribution in [0.5, 0.6) is 0 Å². The number of imide groups is 1. The van der Waals surface area contributed by atoms with Crippen LogP contribution in [0.2, 0.25) is 5.02 Å². The molecule has 1 aliphatic rings. The molecule has 1 aliphatic heterocycles. The van der Waals surface area contributed by atoms with Crippen LogP contribution < -0.4 is 15.5 Å². The number of rotatable bonds is 5. The largest absolute Gasteiger partial charge is 0.350 e. The Kier molecular flexibility index (Phi) is 6.22. The van der Waals surface area contributed by atoms with Crippen LogP contribution in [0.3, 0.4) is 0 Å². The molecule has 4 rings (SSSR count). The number of aryl methyl sites for hydroxylation is 2. The molecule has 0 bridgehead atoms. The van der Waals surface area contributed by atoms with E-state index in [9.17, 15) is 14.4 Å². The van der Waals surface area contributed by atoms with Gasteiger partial charge >= 0.3 is 0 Å². The second kappa shape index (κ2) is 9.10. The Morgan fingerprint density at radius 2 is 1.48 bits per heavy atom. The lowest BCUT2D eigenvalue weighted by atomic mass is 10.1. The first-order chi connectivity index (χ1) is 15.7. The van der Waals surface area contributed by atoms with Crippen LogP contribution in [0, 0.1) is 13.8 Å². The van der Waals surface area contributed by atoms with Gasteiger partial charge in [-0.05, 0) is 79.6 Å². The maximum Gasteiger partial charge on any atom is 0.283 e. The monoisotopic (exact) mass is 479 g/mol. The zero-order valence-corrected chi connectivity index (χ0v) is 19.3. The lowest BCUT2D eigenvalue weighted by Crippen LogP contribution is -2.32. The maximum atomic E-state index is 13.0. The number of carbonyl (C=O) groups is 3. The van der Waals surface area contributed by atoms with Crippen molar-refractivity contribution in [1.82, 2.24) is 0 Å². The van der Waals surface area contributed by atoms with Crippen molar-refractivity contribution in [1.29, 1.82) is 0 Å². The Morgan fingerprint density at radius 1 is 0.818 bits per heavy atom. The summed E-state index contributed by atoms with van der Waals surface area (Å²) in [7, 11) is 0. The quantitative estimate of drug-likeness (QED) is 0.463. The van der Waals surface area contributed by atoms with Gasteiger partial charge in [-0.3, -0.25) is 14.4 Å². The molecule has 0 saturated heterocycles. The Labute approximate surface area is 200 Å². The number of benzene rings is 3. The van der Waals surface area contributed by atoms with Gasteiger partial charge < -0.3 is 10.6 Å². The van der Waals surface area contributed by atoms with Crippen molar-refractivity contribution in [3.8, 4) is 0 Å². The van der Waals surface area contributed by atoms with Crippen molar-refractivity contribution < 1.29 is 14.4 Å². The molecule has 33 heavy (non-hydrogen) atoms. The number of anilines is 3. The zero-order valence-electron chi connectivity index (χ0n) is 17.8. The van der Waals surface area contributed by atoms with Crippen LogP contribution in [-0.2, 0) is 9.59 Å². The smallest absolute Gasteiger partial charge is 0.283 e. The van der Waals surface area contributed by atoms with Crippen molar-refractivity contribution in [3.05, 3.63) is 99.2 Å². The number of hydrogen-bond donors (Lipinski definition) is 2. The minimum Gasteiger partial charge on any atom is -0.350 e. The van der Waals surface area contributed by atoms with Gasteiger partial charge in [-0.25, -0.2) is 4.90 Å². The molecule has 0 aliphatic carbocycles. The SMILES string of the molecule is Cc1cc(C)cc(N2C(=O)C(Cl)=C(Nc3ccc(C(=O)Nc4cccc(Cl)c4)cc3)C2=O)c1. The lowest BCUT2D eigenvalue weighted by molar-refractivity contribution is -0.120. The fourth-order valence-corrected chi connectivity index (χ4v) is 3.95. The molecule has 1 heterocycles. The lowest BCUT2D eigenvalue weighted by Gasteiger charge is -2.16. The van der Waals surface area contributed by atoms with Crippen molar-refractivity contribution in [2.24, 2.45) is 0 Å². The molecule has 3 aromatic carbocycles. The van der Waals surface area contributed by atoms with Crippen LogP contribution in [0.1, 0.15) is 21.5 Å². The fraction of sp³-hybridized carbons (Fsp3) is 0.0800. The number of hydrogen-bond acceptors (Lipinski definition) is 4. The summed E-state index contributed by atoms with van der Waals surface area (Å²) in [5.74, 6) is -1.45. The molecule has 3 aromatic rings. The zero-order chi connectivity index (χ0) is 23.7. The van der Waals surface area contributed by atoms with E-state index in [1.165, 1.54) is 0 Å². The predicted molar refractivity (Wildman–Crippen MR) is 131 cm³/mol. The Morgan fingerprint density at radius 3 is 2.12 bits per heavy atom. The molecule has 0 atom stereocenters. The summed E-state index contributed by atoms with van der Waals surface area (Å²) in [5, 5.41) is 6.00. The number of carbonyl (C=O) groups excluding carboxylic acids is 3. The summed E-state index contributed by atoms with van der Waals surface area (Å²) in [6.07, 6.45) is 0. The number of halogens is 2. The van der Waals surface area contributed by atoms with E-state index in [0.717, 1.165) is 16.0 Å². The predicted octanol–water partition coefficient (Wildman–Crippen LogP) is 5.64. The minimum absolute atomic E-state index is 0.0167. The second-order valence-corrected chi connectivity index (χ2v) is 8.46. The van der Waals surface area contributed by atoms with Crippen LogP contribution in [0.4, 0.5) is 17.1 Å². The molecule has 3 amide bonds. The van der Waals surface area contributed by atoms with E-state index in [1.54, 1.807) is 60.7 Å². The van der Waals surface area contributed by atoms with Crippen LogP contribution in [0.15, 0.2) is 77.5 Å². The highest BCUT2D eigenvalue weighted by Gasteiger charge is 2.39. The van der Waals surface area contributed by atoms with Crippen LogP contribution in [0.25, 0.3) is 0 Å². The molecular weight excluding hydrogens is 461 g/mol. The van der Waals surface area contributed by atoms with Crippen molar-refractivity contribution in [2.45, 2.75) is 13.8 Å². The molecule has 2 N–H and O–H groups in total. The second-order valence-electron chi connectivity index (χ2n) is 7.65. The molecule has 0 unspecified atom stereocenters. The van der Waals surface area contributed by atoms with Gasteiger partial charge in [0.15, 0.2) is 0 Å². The van der Waals surface area contributed by atoms with E-state index in [4.69, 9.17) is 23.2 Å². The molecular formula is C25H19Cl2N3O3. The van der Waals surface area contributed by atoms with E-state index >= 15 is 0 Å². The fourth-order valence-electron chi connectivity index (χ4n) is 3.54. The molecule has 0 spiro atoms. The normalized spacial score (nSPS) is 13.5. The van der Waals surface area contributed by atoms with Gasteiger partial charge in [0.05, 0.1) is 5.69 Å². The molecule has 0 radical (unpaired) electrons. The average Bonchev–Trinajstić information content (AvgIpc) is 2.96. The summed E-state index contributed by atoms with van der Waals surface area (Å²) in [5.41, 5.74) is 3.79. The Hall–Kier alpha value is -3.61. The van der Waals surface area contributed by atoms with E-state index < -0.39 is 11.8 Å². The van der Waals surface area contributed by atoms with Gasteiger partial charge in [-0.15, -0.1) is 0 Å². The van der Waals surface area contributed by atoms with E-state index in [-0.39, 0.29) is 16.6 Å². The molecule has 0 fully saturated rings. The van der Waals surface area contributed by atoms with Gasteiger partial charge in [-0.1, -0.05) is 35.3 Å². The highest BCUT2D eigenvalue weighted by atomic mass is 35.5. The third-order valence-electron chi connectivity index (χ3n) is 4.99. The van der Waals surface area contributed by atoms with E-state index in [0.29, 0.717) is 27.6 Å². The van der Waals surface area contributed by atoms with Gasteiger partial charge in [0.1, 0.15) is 10.7 Å². The molecule has 0 saturated carbocycles. The topological polar surface area (TPSA) is 78.5 Å². The minimum atomic E-state index is -0.591. The van der Waals surface area contributed by atoms with Crippen molar-refractivity contribution in [3.63, 3.8) is 0 Å². The number of amides is 3. The average molecular weight is 480 g/mol. The first-order valence-corrected chi connectivity index (χ1v) is 10.8. The highest BCUT2D eigenvalue weighted by molar-refractivity contribution is 6.53. The Bertz CT molecular complexity index is 1300. The standard InChI is InChI=1S/C25H19Cl2N3O3/c1-14-10-15(2)12-20(11-14)30-24(32)21(27)22(25(30)33)28-18-8-6-16(7-9-18)23(31)29-19-5-3-4-17(26)13-19/h3-13,28H,1-2H3,(H,29,31). The third-order valence-corrected chi connectivity index (χ3v) is 5.58. The summed E-state index contributed by atoms with van der Waals surface area (Å²) in [4.78, 5) is 39.2. The van der Waals surface area contributed by atoms with E-state index in [2.05, 4.69) is 10.6 Å². The first kappa shape index (κ1) is 22.6. The van der Waals surface area contributed by atoms with Crippen LogP contribution in [-0.4, -0.2) is 17.7 Å². The van der Waals surface area contributed by atoms with Gasteiger partial charge in [-0.2, -0.15) is 0 Å². The van der Waals surface area contributed by atoms with Crippen molar-refractivity contribution >= 4 is 58.0 Å². The first-order valence-electron chi connectivity index (χ1n) is 10.0. The summed E-state index contributed by atoms with van der Waals surface area (Å²) in [6.45, 7) is 3.78. The van der Waals surface area contributed by atoms with Gasteiger partial charge in [0, 0.05) is 22.0 Å². The molecule has 6 nitrogen and oxygen atoms in total. The van der Waals surface area contributed by atoms with E-state index in [1.807, 2.05) is 19.9 Å². The summed E-state index contributed by atoms with van der Waals surface area (Å²) < 4.78 is 0. The van der Waals surface area contributed by atoms with Crippen LogP contribution >= 0.6 is 23.2 Å². The van der Waals surface area contributed by atoms with Crippen molar-refractivity contribution in [2.75, 3.05) is 15.5 Å². The maximum absolute atomic E-state index is 13.0.